The summed E-state index contributed by atoms with van der Waals surface area (Å²) in [7, 11) is -4.70. The Bertz CT molecular complexity index is 759. The second kappa shape index (κ2) is 6.91. The monoisotopic (exact) mass is 337 g/mol. The molecule has 0 heterocycles. The first-order valence-electron chi connectivity index (χ1n) is 6.80. The van der Waals surface area contributed by atoms with E-state index in [1.54, 1.807) is 18.2 Å². The summed E-state index contributed by atoms with van der Waals surface area (Å²) in [5.41, 5.74) is 0.715. The highest BCUT2D eigenvalue weighted by Crippen LogP contribution is 2.38. The molecule has 0 aromatic heterocycles. The van der Waals surface area contributed by atoms with E-state index in [9.17, 15) is 19.6 Å². The Hall–Kier alpha value is -2.21. The van der Waals surface area contributed by atoms with Gasteiger partial charge in [0.15, 0.2) is 5.78 Å². The van der Waals surface area contributed by atoms with E-state index in [0.29, 0.717) is 6.42 Å². The van der Waals surface area contributed by atoms with Crippen molar-refractivity contribution < 1.29 is 29.4 Å². The molecule has 0 bridgehead atoms. The van der Waals surface area contributed by atoms with Crippen LogP contribution in [0.25, 0.3) is 0 Å². The van der Waals surface area contributed by atoms with Gasteiger partial charge >= 0.3 is 7.75 Å². The predicted octanol–water partition coefficient (Wildman–Crippen LogP) is 2.20. The summed E-state index contributed by atoms with van der Waals surface area (Å²) < 4.78 is 14.3. The van der Waals surface area contributed by atoms with Crippen molar-refractivity contribution in [3.05, 3.63) is 53.3 Å². The molecule has 23 heavy (non-hydrogen) atoms. The lowest BCUT2D eigenvalue weighted by molar-refractivity contribution is -0.115. The fraction of sp³-hybridized carbons (Fsp3) is 0.200. The number of nitrogens with zero attached hydrogens (tertiary/aromatic N) is 1. The summed E-state index contributed by atoms with van der Waals surface area (Å²) in [5.74, 6) is -0.366. The molecule has 0 spiro atoms. The number of phenols is 1. The highest BCUT2D eigenvalue weighted by Gasteiger charge is 2.23. The number of benzene rings is 1. The third-order valence-electron chi connectivity index (χ3n) is 3.20. The van der Waals surface area contributed by atoms with Gasteiger partial charge < -0.3 is 20.0 Å². The molecule has 2 rings (SSSR count). The van der Waals surface area contributed by atoms with Crippen LogP contribution < -0.4 is 0 Å². The van der Waals surface area contributed by atoms with Crippen LogP contribution in [0.3, 0.4) is 0 Å². The molecule has 0 saturated heterocycles. The van der Waals surface area contributed by atoms with Crippen molar-refractivity contribution in [2.75, 3.05) is 0 Å². The number of phenolic OH excluding ortho intramolecular Hbond substituents is 1. The summed E-state index contributed by atoms with van der Waals surface area (Å²) in [6.07, 6.45) is 2.86. The predicted molar refractivity (Wildman–Crippen MR) is 84.3 cm³/mol. The Morgan fingerprint density at radius 3 is 2.61 bits per heavy atom. The van der Waals surface area contributed by atoms with Crippen LogP contribution >= 0.6 is 7.75 Å². The van der Waals surface area contributed by atoms with Crippen LogP contribution in [0.15, 0.2) is 52.5 Å². The van der Waals surface area contributed by atoms with Crippen molar-refractivity contribution in [3.8, 4) is 5.75 Å². The van der Waals surface area contributed by atoms with Crippen LogP contribution in [0.5, 0.6) is 5.75 Å². The second-order valence-corrected chi connectivity index (χ2v) is 6.29. The number of carbonyl (C=O) groups is 1. The molecule has 4 N–H and O–H groups in total. The van der Waals surface area contributed by atoms with Gasteiger partial charge in [0.1, 0.15) is 5.75 Å². The van der Waals surface area contributed by atoms with Crippen molar-refractivity contribution in [2.24, 2.45) is 4.76 Å². The van der Waals surface area contributed by atoms with Gasteiger partial charge in [-0.25, -0.2) is 4.57 Å². The van der Waals surface area contributed by atoms with E-state index >= 15 is 0 Å². The van der Waals surface area contributed by atoms with Gasteiger partial charge in [0.05, 0.1) is 11.5 Å². The first-order valence-corrected chi connectivity index (χ1v) is 8.37. The normalized spacial score (nSPS) is 16.9. The largest absolute Gasteiger partial charge is 0.512 e. The van der Waals surface area contributed by atoms with Crippen LogP contribution in [-0.2, 0) is 15.8 Å². The van der Waals surface area contributed by atoms with Crippen molar-refractivity contribution in [2.45, 2.75) is 19.3 Å². The molecule has 0 aliphatic heterocycles. The van der Waals surface area contributed by atoms with Gasteiger partial charge in [0, 0.05) is 18.4 Å². The molecule has 0 radical (unpaired) electrons. The second-order valence-electron chi connectivity index (χ2n) is 5.07. The average Bonchev–Trinajstić information content (AvgIpc) is 2.43. The minimum absolute atomic E-state index is 0.0753. The van der Waals surface area contributed by atoms with E-state index in [1.165, 1.54) is 18.2 Å². The smallest absolute Gasteiger partial charge is 0.448 e. The van der Waals surface area contributed by atoms with Gasteiger partial charge in [0.2, 0.25) is 0 Å². The van der Waals surface area contributed by atoms with Crippen LogP contribution in [-0.4, -0.2) is 31.5 Å². The Balaban J connectivity index is 2.15. The van der Waals surface area contributed by atoms with E-state index in [0.717, 1.165) is 5.56 Å². The molecule has 0 saturated carbocycles. The van der Waals surface area contributed by atoms with Crippen molar-refractivity contribution >= 4 is 19.2 Å². The van der Waals surface area contributed by atoms with Crippen LogP contribution in [0, 0.1) is 0 Å². The summed E-state index contributed by atoms with van der Waals surface area (Å²) in [6, 6.07) is 6.49. The lowest BCUT2D eigenvalue weighted by Gasteiger charge is -2.14. The number of carbonyl (C=O) groups excluding carboxylic acids is 1. The van der Waals surface area contributed by atoms with Crippen molar-refractivity contribution in [3.63, 3.8) is 0 Å². The number of hydrogen-bond donors (Lipinski definition) is 4. The molecule has 0 atom stereocenters. The minimum Gasteiger partial charge on any atom is -0.512 e. The third kappa shape index (κ3) is 5.17. The molecule has 7 nitrogen and oxygen atoms in total. The fourth-order valence-corrected chi connectivity index (χ4v) is 2.70. The number of hydrogen-bond acceptors (Lipinski definition) is 4. The SMILES string of the molecule is O=C(CCc1cccc(O)c1)C1=CC=C(O)CC1=NP(=O)(O)O. The maximum Gasteiger partial charge on any atom is 0.448 e. The molecule has 0 fully saturated rings. The topological polar surface area (TPSA) is 127 Å². The van der Waals surface area contributed by atoms with E-state index in [1.807, 2.05) is 0 Å². The zero-order chi connectivity index (χ0) is 17.0. The quantitative estimate of drug-likeness (QED) is 0.610. The summed E-state index contributed by atoms with van der Waals surface area (Å²) >= 11 is 0. The van der Waals surface area contributed by atoms with Crippen LogP contribution in [0.2, 0.25) is 0 Å². The standard InChI is InChI=1S/C15H16NO6P/c17-11-3-1-2-10(8-11)4-7-15(19)13-6-5-12(18)9-14(13)16-23(20,21)22/h1-3,5-6,8,17-18H,4,7,9H2,(H2,20,21,22). The molecule has 8 heteroatoms. The Labute approximate surface area is 132 Å². The van der Waals surface area contributed by atoms with Gasteiger partial charge in [-0.05, 0) is 36.3 Å². The van der Waals surface area contributed by atoms with Crippen LogP contribution in [0.4, 0.5) is 0 Å². The third-order valence-corrected chi connectivity index (χ3v) is 3.71. The van der Waals surface area contributed by atoms with E-state index in [-0.39, 0.29) is 41.4 Å². The van der Waals surface area contributed by atoms with E-state index < -0.39 is 7.75 Å². The molecular weight excluding hydrogens is 321 g/mol. The van der Waals surface area contributed by atoms with Crippen molar-refractivity contribution in [1.82, 2.24) is 0 Å². The maximum absolute atomic E-state index is 12.3. The van der Waals surface area contributed by atoms with Crippen LogP contribution in [0.1, 0.15) is 18.4 Å². The number of aliphatic hydroxyl groups is 1. The maximum atomic E-state index is 12.3. The highest BCUT2D eigenvalue weighted by atomic mass is 31.2. The molecule has 1 aliphatic carbocycles. The fourth-order valence-electron chi connectivity index (χ4n) is 2.21. The summed E-state index contributed by atoms with van der Waals surface area (Å²) in [4.78, 5) is 30.2. The number of aromatic hydroxyl groups is 1. The van der Waals surface area contributed by atoms with Gasteiger partial charge in [-0.3, -0.25) is 4.79 Å². The molecular formula is C15H16NO6P. The Morgan fingerprint density at radius 2 is 1.96 bits per heavy atom. The lowest BCUT2D eigenvalue weighted by Crippen LogP contribution is -2.17. The number of aryl methyl sites for hydroxylation is 1. The van der Waals surface area contributed by atoms with Gasteiger partial charge in [-0.1, -0.05) is 12.1 Å². The number of rotatable bonds is 5. The Morgan fingerprint density at radius 1 is 1.22 bits per heavy atom. The molecule has 0 amide bonds. The highest BCUT2D eigenvalue weighted by molar-refractivity contribution is 7.50. The van der Waals surface area contributed by atoms with Crippen molar-refractivity contribution in [1.29, 1.82) is 0 Å². The number of aliphatic hydroxyl groups excluding tert-OH is 1. The zero-order valence-corrected chi connectivity index (χ0v) is 13.0. The molecule has 0 unspecified atom stereocenters. The number of allylic oxidation sites excluding steroid dienone is 4. The molecule has 122 valence electrons. The lowest BCUT2D eigenvalue weighted by atomic mass is 9.94. The first kappa shape index (κ1) is 17.1. The van der Waals surface area contributed by atoms with Gasteiger partial charge in [-0.15, -0.1) is 0 Å². The average molecular weight is 337 g/mol. The van der Waals surface area contributed by atoms with E-state index in [4.69, 9.17) is 9.79 Å². The zero-order valence-electron chi connectivity index (χ0n) is 12.1. The number of Topliss-reactive ketones (excluding diaryl/α,β-unsaturated/α-hetero) is 1. The molecule has 1 aromatic carbocycles. The summed E-state index contributed by atoms with van der Waals surface area (Å²) in [5, 5.41) is 18.8. The van der Waals surface area contributed by atoms with E-state index in [2.05, 4.69) is 4.76 Å². The minimum atomic E-state index is -4.70. The number of ketones is 1. The van der Waals surface area contributed by atoms with Gasteiger partial charge in [-0.2, -0.15) is 4.76 Å². The first-order chi connectivity index (χ1) is 10.7. The molecule has 1 aliphatic rings. The molecule has 1 aromatic rings. The Kier molecular flexibility index (Phi) is 5.15. The summed E-state index contributed by atoms with van der Waals surface area (Å²) in [6.45, 7) is 0. The van der Waals surface area contributed by atoms with Gasteiger partial charge in [0.25, 0.3) is 0 Å².